The van der Waals surface area contributed by atoms with Crippen LogP contribution < -0.4 is 5.32 Å². The molecule has 0 bridgehead atoms. The summed E-state index contributed by atoms with van der Waals surface area (Å²) in [4.78, 5) is 15.1. The summed E-state index contributed by atoms with van der Waals surface area (Å²) in [6, 6.07) is 6.56. The van der Waals surface area contributed by atoms with Gasteiger partial charge in [0.2, 0.25) is 5.91 Å². The van der Waals surface area contributed by atoms with Crippen molar-refractivity contribution >= 4 is 27.3 Å². The minimum Gasteiger partial charge on any atom is -0.353 e. The Labute approximate surface area is 154 Å². The Morgan fingerprint density at radius 2 is 1.96 bits per heavy atom. The van der Waals surface area contributed by atoms with Crippen LogP contribution in [0.25, 0.3) is 0 Å². The van der Waals surface area contributed by atoms with E-state index in [4.69, 9.17) is 11.6 Å². The summed E-state index contributed by atoms with van der Waals surface area (Å²) in [5, 5.41) is 3.33. The molecule has 1 N–H and O–H groups in total. The van der Waals surface area contributed by atoms with Crippen LogP contribution in [-0.4, -0.2) is 49.6 Å². The van der Waals surface area contributed by atoms with Crippen LogP contribution in [0.1, 0.15) is 39.0 Å². The monoisotopic (exact) mass is 384 g/mol. The molecule has 2 fully saturated rings. The summed E-state index contributed by atoms with van der Waals surface area (Å²) in [5.74, 6) is -0.368. The van der Waals surface area contributed by atoms with Crippen molar-refractivity contribution in [2.75, 3.05) is 19.6 Å². The molecular weight excluding hydrogens is 360 g/mol. The summed E-state index contributed by atoms with van der Waals surface area (Å²) < 4.78 is 24.4. The number of carbonyl (C=O) groups is 1. The van der Waals surface area contributed by atoms with Crippen molar-refractivity contribution in [3.05, 3.63) is 29.3 Å². The fraction of sp³-hybridized carbons (Fsp3) is 0.611. The third-order valence-corrected chi connectivity index (χ3v) is 8.15. The molecule has 1 aliphatic carbocycles. The van der Waals surface area contributed by atoms with E-state index in [2.05, 4.69) is 17.1 Å². The minimum atomic E-state index is -3.69. The van der Waals surface area contributed by atoms with Crippen LogP contribution in [0.5, 0.6) is 0 Å². The highest BCUT2D eigenvalue weighted by atomic mass is 35.5. The van der Waals surface area contributed by atoms with Crippen LogP contribution in [0.15, 0.2) is 29.2 Å². The molecule has 1 heterocycles. The number of hydrogen-bond acceptors (Lipinski definition) is 4. The fourth-order valence-corrected chi connectivity index (χ4v) is 5.56. The molecule has 1 aromatic rings. The zero-order valence-corrected chi connectivity index (χ0v) is 16.1. The average Bonchev–Trinajstić information content (AvgIpc) is 3.39. The summed E-state index contributed by atoms with van der Waals surface area (Å²) >= 11 is 5.83. The van der Waals surface area contributed by atoms with E-state index in [-0.39, 0.29) is 10.8 Å². The molecule has 7 heteroatoms. The predicted octanol–water partition coefficient (Wildman–Crippen LogP) is 2.64. The van der Waals surface area contributed by atoms with Gasteiger partial charge < -0.3 is 5.32 Å². The molecule has 1 saturated heterocycles. The van der Waals surface area contributed by atoms with Crippen molar-refractivity contribution in [1.82, 2.24) is 10.2 Å². The van der Waals surface area contributed by atoms with Gasteiger partial charge in [0, 0.05) is 24.2 Å². The number of carbonyl (C=O) groups excluding carboxylic acids is 1. The van der Waals surface area contributed by atoms with Gasteiger partial charge in [-0.25, -0.2) is 8.42 Å². The van der Waals surface area contributed by atoms with E-state index in [0.717, 1.165) is 13.1 Å². The predicted molar refractivity (Wildman–Crippen MR) is 98.5 cm³/mol. The summed E-state index contributed by atoms with van der Waals surface area (Å²) in [6.45, 7) is 4.50. The van der Waals surface area contributed by atoms with Gasteiger partial charge in [-0.2, -0.15) is 0 Å². The van der Waals surface area contributed by atoms with Crippen LogP contribution >= 0.6 is 11.6 Å². The van der Waals surface area contributed by atoms with Gasteiger partial charge in [0.1, 0.15) is 0 Å². The van der Waals surface area contributed by atoms with Crippen LogP contribution in [0.3, 0.4) is 0 Å². The number of benzene rings is 1. The molecule has 0 radical (unpaired) electrons. The van der Waals surface area contributed by atoms with Crippen LogP contribution in [0.2, 0.25) is 5.02 Å². The van der Waals surface area contributed by atoms with Crippen LogP contribution in [-0.2, 0) is 14.6 Å². The molecule has 3 rings (SSSR count). The van der Waals surface area contributed by atoms with Gasteiger partial charge in [-0.15, -0.1) is 0 Å². The maximum atomic E-state index is 12.9. The Morgan fingerprint density at radius 3 is 2.56 bits per heavy atom. The summed E-state index contributed by atoms with van der Waals surface area (Å²) in [6.07, 6.45) is 4.39. The molecule has 2 aliphatic rings. The van der Waals surface area contributed by atoms with Crippen LogP contribution in [0, 0.1) is 0 Å². The molecule has 5 nitrogen and oxygen atoms in total. The lowest BCUT2D eigenvalue weighted by Gasteiger charge is -2.33. The molecule has 0 aromatic heterocycles. The van der Waals surface area contributed by atoms with Crippen molar-refractivity contribution < 1.29 is 13.2 Å². The number of amides is 1. The smallest absolute Gasteiger partial charge is 0.241 e. The Hall–Kier alpha value is -1.11. The zero-order valence-electron chi connectivity index (χ0n) is 14.5. The van der Waals surface area contributed by atoms with Gasteiger partial charge in [0.05, 0.1) is 4.90 Å². The van der Waals surface area contributed by atoms with E-state index in [1.807, 2.05) is 0 Å². The maximum Gasteiger partial charge on any atom is 0.241 e. The average molecular weight is 385 g/mol. The lowest BCUT2D eigenvalue weighted by atomic mass is 10.0. The highest BCUT2D eigenvalue weighted by Gasteiger charge is 2.61. The first-order valence-corrected chi connectivity index (χ1v) is 10.8. The molecule has 1 aromatic carbocycles. The largest absolute Gasteiger partial charge is 0.353 e. The normalized spacial score (nSPS) is 23.2. The van der Waals surface area contributed by atoms with Gasteiger partial charge >= 0.3 is 0 Å². The zero-order chi connectivity index (χ0) is 18.1. The minimum absolute atomic E-state index is 0.161. The number of halogens is 1. The summed E-state index contributed by atoms with van der Waals surface area (Å²) in [5.41, 5.74) is 0. The van der Waals surface area contributed by atoms with E-state index in [1.54, 1.807) is 12.1 Å². The third kappa shape index (κ3) is 3.71. The van der Waals surface area contributed by atoms with E-state index in [1.165, 1.54) is 31.4 Å². The third-order valence-electron chi connectivity index (χ3n) is 5.38. The van der Waals surface area contributed by atoms with Gasteiger partial charge in [0.25, 0.3) is 0 Å². The Morgan fingerprint density at radius 1 is 1.28 bits per heavy atom. The SMILES string of the molecule is C[C@@H]1CCCCN1CCNC(=O)C1(S(=O)(=O)c2ccc(Cl)cc2)CC1. The van der Waals surface area contributed by atoms with Gasteiger partial charge in [-0.05, 0) is 63.4 Å². The second-order valence-corrected chi connectivity index (χ2v) is 9.78. The highest BCUT2D eigenvalue weighted by molar-refractivity contribution is 7.94. The van der Waals surface area contributed by atoms with Crippen molar-refractivity contribution in [3.8, 4) is 0 Å². The number of nitrogens with zero attached hydrogens (tertiary/aromatic N) is 1. The van der Waals surface area contributed by atoms with Gasteiger partial charge in [-0.1, -0.05) is 18.0 Å². The molecule has 25 heavy (non-hydrogen) atoms. The number of hydrogen-bond donors (Lipinski definition) is 1. The van der Waals surface area contributed by atoms with Crippen molar-refractivity contribution in [1.29, 1.82) is 0 Å². The molecule has 138 valence electrons. The molecular formula is C18H25ClN2O3S. The van der Waals surface area contributed by atoms with Gasteiger partial charge in [-0.3, -0.25) is 9.69 Å². The number of rotatable bonds is 6. The van der Waals surface area contributed by atoms with E-state index < -0.39 is 14.6 Å². The molecule has 0 unspecified atom stereocenters. The number of nitrogens with one attached hydrogen (secondary N) is 1. The van der Waals surface area contributed by atoms with Crippen molar-refractivity contribution in [2.24, 2.45) is 0 Å². The molecule has 0 spiro atoms. The fourth-order valence-electron chi connectivity index (χ4n) is 3.53. The second-order valence-electron chi connectivity index (χ2n) is 7.09. The lowest BCUT2D eigenvalue weighted by Crippen LogP contribution is -2.46. The van der Waals surface area contributed by atoms with E-state index in [0.29, 0.717) is 30.5 Å². The number of sulfone groups is 1. The first kappa shape index (κ1) is 18.7. The standard InChI is InChI=1S/C18H25ClN2O3S/c1-14-4-2-3-12-21(14)13-11-20-17(22)18(9-10-18)25(23,24)16-7-5-15(19)6-8-16/h5-8,14H,2-4,9-13H2,1H3,(H,20,22)/t14-/m1/s1. The molecule has 1 amide bonds. The Balaban J connectivity index is 1.62. The van der Waals surface area contributed by atoms with Crippen molar-refractivity contribution in [2.45, 2.75) is 54.7 Å². The first-order chi connectivity index (χ1) is 11.9. The van der Waals surface area contributed by atoms with Gasteiger partial charge in [0.15, 0.2) is 14.6 Å². The molecule has 1 aliphatic heterocycles. The lowest BCUT2D eigenvalue weighted by molar-refractivity contribution is -0.121. The van der Waals surface area contributed by atoms with Crippen molar-refractivity contribution in [3.63, 3.8) is 0 Å². The highest BCUT2D eigenvalue weighted by Crippen LogP contribution is 2.47. The van der Waals surface area contributed by atoms with E-state index in [9.17, 15) is 13.2 Å². The van der Waals surface area contributed by atoms with Crippen LogP contribution in [0.4, 0.5) is 0 Å². The topological polar surface area (TPSA) is 66.5 Å². The maximum absolute atomic E-state index is 12.9. The first-order valence-electron chi connectivity index (χ1n) is 8.89. The Bertz CT molecular complexity index is 729. The summed E-state index contributed by atoms with van der Waals surface area (Å²) in [7, 11) is -3.69. The Kier molecular flexibility index (Phi) is 5.42. The quantitative estimate of drug-likeness (QED) is 0.818. The van der Waals surface area contributed by atoms with E-state index >= 15 is 0 Å². The molecule has 1 atom stereocenters. The number of likely N-dealkylation sites (tertiary alicyclic amines) is 1. The molecule has 1 saturated carbocycles. The number of piperidine rings is 1. The second kappa shape index (κ2) is 7.25.